The number of nitrogens with zero attached hydrogens (tertiary/aromatic N) is 5. The minimum Gasteiger partial charge on any atom is -0.354 e. The van der Waals surface area contributed by atoms with Crippen molar-refractivity contribution in [3.05, 3.63) is 65.6 Å². The third kappa shape index (κ3) is 3.06. The summed E-state index contributed by atoms with van der Waals surface area (Å²) in [5.41, 5.74) is 14.9. The van der Waals surface area contributed by atoms with Crippen LogP contribution in [0.3, 0.4) is 0 Å². The standard InChI is InChI=1S/C26H24N6S/c1-15-4-2-5-17-18(15)11-21-23(17)24(32-13-22(27)26(14-32)7-8-26)31-25(30-21)33-16-10-20-19(29-12-16)6-3-9-28-20/h2-6,9-10,12,22H,7-8,11,13-14,27H2,1H3. The van der Waals surface area contributed by atoms with E-state index in [2.05, 4.69) is 46.1 Å². The molecule has 1 unspecified atom stereocenters. The summed E-state index contributed by atoms with van der Waals surface area (Å²) in [6.45, 7) is 4.03. The maximum atomic E-state index is 6.58. The Kier molecular flexibility index (Phi) is 4.11. The minimum absolute atomic E-state index is 0.216. The van der Waals surface area contributed by atoms with Gasteiger partial charge in [0.05, 0.1) is 16.7 Å². The molecule has 6 nitrogen and oxygen atoms in total. The van der Waals surface area contributed by atoms with Crippen LogP contribution >= 0.6 is 11.8 Å². The van der Waals surface area contributed by atoms with Gasteiger partial charge in [-0.3, -0.25) is 9.97 Å². The van der Waals surface area contributed by atoms with Crippen molar-refractivity contribution in [3.63, 3.8) is 0 Å². The van der Waals surface area contributed by atoms with E-state index < -0.39 is 0 Å². The molecule has 164 valence electrons. The van der Waals surface area contributed by atoms with Crippen molar-refractivity contribution in [1.29, 1.82) is 0 Å². The smallest absolute Gasteiger partial charge is 0.194 e. The Morgan fingerprint density at radius 2 is 2.00 bits per heavy atom. The number of aromatic nitrogens is 4. The summed E-state index contributed by atoms with van der Waals surface area (Å²) >= 11 is 1.56. The fourth-order valence-corrected chi connectivity index (χ4v) is 6.20. The molecule has 3 aliphatic rings. The normalized spacial score (nSPS) is 19.8. The van der Waals surface area contributed by atoms with Crippen LogP contribution in [-0.4, -0.2) is 39.1 Å². The molecular formula is C26H24N6S. The Morgan fingerprint density at radius 3 is 2.85 bits per heavy atom. The lowest BCUT2D eigenvalue weighted by Gasteiger charge is -2.21. The van der Waals surface area contributed by atoms with Crippen LogP contribution in [0.4, 0.5) is 5.82 Å². The fourth-order valence-electron chi connectivity index (χ4n) is 5.43. The van der Waals surface area contributed by atoms with E-state index in [1.54, 1.807) is 18.0 Å². The second-order valence-electron chi connectivity index (χ2n) is 9.59. The van der Waals surface area contributed by atoms with Crippen molar-refractivity contribution < 1.29 is 0 Å². The van der Waals surface area contributed by atoms with Crippen molar-refractivity contribution in [2.24, 2.45) is 11.1 Å². The van der Waals surface area contributed by atoms with E-state index in [-0.39, 0.29) is 11.5 Å². The maximum absolute atomic E-state index is 6.58. The van der Waals surface area contributed by atoms with Crippen LogP contribution in [0.15, 0.2) is 58.8 Å². The van der Waals surface area contributed by atoms with Gasteiger partial charge < -0.3 is 10.6 Å². The number of hydrogen-bond acceptors (Lipinski definition) is 7. The van der Waals surface area contributed by atoms with Gasteiger partial charge in [0.25, 0.3) is 0 Å². The molecular weight excluding hydrogens is 428 g/mol. The van der Waals surface area contributed by atoms with E-state index in [0.29, 0.717) is 0 Å². The average Bonchev–Trinajstić information content (AvgIpc) is 3.40. The molecule has 0 radical (unpaired) electrons. The van der Waals surface area contributed by atoms with Gasteiger partial charge >= 0.3 is 0 Å². The topological polar surface area (TPSA) is 80.8 Å². The van der Waals surface area contributed by atoms with Gasteiger partial charge in [-0.25, -0.2) is 9.97 Å². The molecule has 33 heavy (non-hydrogen) atoms. The first-order valence-corrected chi connectivity index (χ1v) is 12.3. The molecule has 7 heteroatoms. The van der Waals surface area contributed by atoms with E-state index in [4.69, 9.17) is 15.7 Å². The first-order chi connectivity index (χ1) is 16.1. The monoisotopic (exact) mass is 452 g/mol. The molecule has 0 amide bonds. The van der Waals surface area contributed by atoms with Crippen molar-refractivity contribution in [2.45, 2.75) is 42.3 Å². The highest BCUT2D eigenvalue weighted by molar-refractivity contribution is 7.99. The molecule has 1 aliphatic heterocycles. The summed E-state index contributed by atoms with van der Waals surface area (Å²) in [7, 11) is 0. The Morgan fingerprint density at radius 1 is 1.09 bits per heavy atom. The summed E-state index contributed by atoms with van der Waals surface area (Å²) < 4.78 is 0. The Hall–Kier alpha value is -3.03. The van der Waals surface area contributed by atoms with Crippen molar-refractivity contribution in [3.8, 4) is 11.1 Å². The molecule has 4 heterocycles. The number of aryl methyl sites for hydroxylation is 1. The quantitative estimate of drug-likeness (QED) is 0.407. The largest absolute Gasteiger partial charge is 0.354 e. The number of fused-ring (bicyclic) bond motifs is 4. The zero-order valence-corrected chi connectivity index (χ0v) is 19.3. The fraction of sp³-hybridized carbons (Fsp3) is 0.308. The lowest BCUT2D eigenvalue weighted by Crippen LogP contribution is -2.30. The van der Waals surface area contributed by atoms with E-state index in [1.165, 1.54) is 35.1 Å². The summed E-state index contributed by atoms with van der Waals surface area (Å²) in [6, 6.07) is 12.7. The highest BCUT2D eigenvalue weighted by atomic mass is 32.2. The van der Waals surface area contributed by atoms with Gasteiger partial charge in [0.15, 0.2) is 5.16 Å². The van der Waals surface area contributed by atoms with E-state index >= 15 is 0 Å². The lowest BCUT2D eigenvalue weighted by molar-refractivity contribution is 0.499. The van der Waals surface area contributed by atoms with Gasteiger partial charge in [-0.2, -0.15) is 0 Å². The van der Waals surface area contributed by atoms with Gasteiger partial charge in [-0.1, -0.05) is 18.2 Å². The number of hydrogen-bond donors (Lipinski definition) is 1. The van der Waals surface area contributed by atoms with Crippen LogP contribution in [0.1, 0.15) is 29.7 Å². The number of anilines is 1. The highest BCUT2D eigenvalue weighted by Gasteiger charge is 2.54. The second kappa shape index (κ2) is 6.98. The predicted octanol–water partition coefficient (Wildman–Crippen LogP) is 4.38. The zero-order valence-electron chi connectivity index (χ0n) is 18.5. The molecule has 1 atom stereocenters. The van der Waals surface area contributed by atoms with Gasteiger partial charge in [-0.15, -0.1) is 0 Å². The molecule has 1 saturated carbocycles. The number of rotatable bonds is 3. The summed E-state index contributed by atoms with van der Waals surface area (Å²) in [4.78, 5) is 22.6. The Bertz CT molecular complexity index is 1430. The van der Waals surface area contributed by atoms with Crippen LogP contribution in [0.25, 0.3) is 22.2 Å². The number of pyridine rings is 2. The molecule has 2 aliphatic carbocycles. The van der Waals surface area contributed by atoms with Gasteiger partial charge in [-0.05, 0) is 66.4 Å². The molecule has 1 saturated heterocycles. The molecule has 2 N–H and O–H groups in total. The van der Waals surface area contributed by atoms with Crippen LogP contribution < -0.4 is 10.6 Å². The van der Waals surface area contributed by atoms with Crippen LogP contribution in [-0.2, 0) is 6.42 Å². The van der Waals surface area contributed by atoms with Crippen molar-refractivity contribution in [2.75, 3.05) is 18.0 Å². The second-order valence-corrected chi connectivity index (χ2v) is 10.6. The van der Waals surface area contributed by atoms with Crippen molar-refractivity contribution in [1.82, 2.24) is 19.9 Å². The molecule has 0 bridgehead atoms. The molecule has 3 aromatic heterocycles. The molecule has 7 rings (SSSR count). The molecule has 1 aromatic carbocycles. The van der Waals surface area contributed by atoms with E-state index in [1.807, 2.05) is 18.3 Å². The van der Waals surface area contributed by atoms with Gasteiger partial charge in [0.1, 0.15) is 5.82 Å². The minimum atomic E-state index is 0.216. The first-order valence-electron chi connectivity index (χ1n) is 11.5. The number of benzene rings is 1. The van der Waals surface area contributed by atoms with E-state index in [9.17, 15) is 0 Å². The van der Waals surface area contributed by atoms with Crippen LogP contribution in [0.2, 0.25) is 0 Å². The van der Waals surface area contributed by atoms with Crippen molar-refractivity contribution >= 4 is 28.6 Å². The predicted molar refractivity (Wildman–Crippen MR) is 131 cm³/mol. The zero-order chi connectivity index (χ0) is 22.2. The van der Waals surface area contributed by atoms with Crippen LogP contribution in [0.5, 0.6) is 0 Å². The summed E-state index contributed by atoms with van der Waals surface area (Å²) in [5, 5.41) is 0.761. The summed E-state index contributed by atoms with van der Waals surface area (Å²) in [6.07, 6.45) is 6.99. The molecule has 1 spiro atoms. The molecule has 4 aromatic rings. The van der Waals surface area contributed by atoms with Gasteiger partial charge in [0.2, 0.25) is 0 Å². The van der Waals surface area contributed by atoms with Gasteiger partial charge in [0, 0.05) is 53.8 Å². The SMILES string of the molecule is Cc1cccc2c1Cc1nc(Sc3cnc4cccnc4c3)nc(N3CC(N)C4(CC4)C3)c1-2. The van der Waals surface area contributed by atoms with Crippen LogP contribution in [0, 0.1) is 12.3 Å². The third-order valence-corrected chi connectivity index (χ3v) is 8.33. The summed E-state index contributed by atoms with van der Waals surface area (Å²) in [5.74, 6) is 1.04. The average molecular weight is 453 g/mol. The lowest BCUT2D eigenvalue weighted by atomic mass is 10.0. The third-order valence-electron chi connectivity index (χ3n) is 7.50. The highest BCUT2D eigenvalue weighted by Crippen LogP contribution is 2.54. The maximum Gasteiger partial charge on any atom is 0.194 e. The first kappa shape index (κ1) is 19.4. The number of nitrogens with two attached hydrogens (primary N) is 1. The Labute approximate surface area is 196 Å². The molecule has 2 fully saturated rings. The van der Waals surface area contributed by atoms with E-state index in [0.717, 1.165) is 52.1 Å². The Balaban J connectivity index is 1.33.